The van der Waals surface area contributed by atoms with E-state index < -0.39 is 0 Å². The van der Waals surface area contributed by atoms with Crippen molar-refractivity contribution in [3.63, 3.8) is 0 Å². The molecule has 1 aromatic rings. The van der Waals surface area contributed by atoms with Gasteiger partial charge in [0, 0.05) is 13.0 Å². The SMILES string of the molecule is Nc1nnc2n1CCC(=O)N2. The van der Waals surface area contributed by atoms with Crippen LogP contribution in [0.4, 0.5) is 11.9 Å². The topological polar surface area (TPSA) is 85.8 Å². The van der Waals surface area contributed by atoms with Crippen molar-refractivity contribution in [3.8, 4) is 0 Å². The fourth-order valence-electron chi connectivity index (χ4n) is 1.03. The van der Waals surface area contributed by atoms with Gasteiger partial charge in [-0.05, 0) is 0 Å². The van der Waals surface area contributed by atoms with E-state index in [1.165, 1.54) is 0 Å². The van der Waals surface area contributed by atoms with Gasteiger partial charge in [0.15, 0.2) is 0 Å². The summed E-state index contributed by atoms with van der Waals surface area (Å²) >= 11 is 0. The number of nitrogen functional groups attached to an aromatic ring is 1. The minimum absolute atomic E-state index is 0.0371. The molecule has 58 valence electrons. The third-order valence-corrected chi connectivity index (χ3v) is 1.59. The summed E-state index contributed by atoms with van der Waals surface area (Å²) in [6.07, 6.45) is 0.440. The van der Waals surface area contributed by atoms with Gasteiger partial charge in [0.1, 0.15) is 0 Å². The maximum absolute atomic E-state index is 10.8. The fourth-order valence-corrected chi connectivity index (χ4v) is 1.03. The Bertz CT molecular complexity index is 304. The van der Waals surface area contributed by atoms with Crippen molar-refractivity contribution in [1.82, 2.24) is 14.8 Å². The van der Waals surface area contributed by atoms with Crippen LogP contribution < -0.4 is 11.1 Å². The molecule has 2 heterocycles. The molecule has 0 saturated heterocycles. The number of rotatable bonds is 0. The van der Waals surface area contributed by atoms with Crippen molar-refractivity contribution in [1.29, 1.82) is 0 Å². The standard InChI is InChI=1S/C5H7N5O/c6-4-8-9-5-7-3(11)1-2-10(4)5/h1-2H2,(H2,6,8)(H,7,9,11). The molecule has 1 aliphatic heterocycles. The Balaban J connectivity index is 2.44. The first-order valence-electron chi connectivity index (χ1n) is 3.26. The normalized spacial score (nSPS) is 15.8. The summed E-state index contributed by atoms with van der Waals surface area (Å²) in [5.41, 5.74) is 5.44. The molecule has 0 spiro atoms. The highest BCUT2D eigenvalue weighted by Gasteiger charge is 2.17. The van der Waals surface area contributed by atoms with Gasteiger partial charge in [-0.3, -0.25) is 14.7 Å². The molecule has 0 bridgehead atoms. The van der Waals surface area contributed by atoms with Crippen LogP contribution in [0.3, 0.4) is 0 Å². The van der Waals surface area contributed by atoms with E-state index in [2.05, 4.69) is 15.5 Å². The summed E-state index contributed by atoms with van der Waals surface area (Å²) in [6, 6.07) is 0. The maximum atomic E-state index is 10.8. The third-order valence-electron chi connectivity index (χ3n) is 1.59. The molecule has 1 amide bonds. The number of fused-ring (bicyclic) bond motifs is 1. The Morgan fingerprint density at radius 1 is 1.55 bits per heavy atom. The largest absolute Gasteiger partial charge is 0.368 e. The molecule has 0 unspecified atom stereocenters. The van der Waals surface area contributed by atoms with E-state index in [4.69, 9.17) is 5.73 Å². The van der Waals surface area contributed by atoms with Crippen molar-refractivity contribution in [2.75, 3.05) is 11.1 Å². The summed E-state index contributed by atoms with van der Waals surface area (Å²) in [6.45, 7) is 0.569. The molecular formula is C5H7N5O. The van der Waals surface area contributed by atoms with Crippen molar-refractivity contribution in [2.45, 2.75) is 13.0 Å². The average Bonchev–Trinajstić information content (AvgIpc) is 2.32. The van der Waals surface area contributed by atoms with Crippen molar-refractivity contribution in [3.05, 3.63) is 0 Å². The van der Waals surface area contributed by atoms with Crippen LogP contribution in [0.25, 0.3) is 0 Å². The smallest absolute Gasteiger partial charge is 0.232 e. The van der Waals surface area contributed by atoms with Crippen LogP contribution in [0.1, 0.15) is 6.42 Å². The van der Waals surface area contributed by atoms with E-state index in [1.54, 1.807) is 4.57 Å². The number of hydrogen-bond acceptors (Lipinski definition) is 4. The van der Waals surface area contributed by atoms with E-state index >= 15 is 0 Å². The number of nitrogens with zero attached hydrogens (tertiary/aromatic N) is 3. The molecule has 6 nitrogen and oxygen atoms in total. The van der Waals surface area contributed by atoms with Crippen molar-refractivity contribution >= 4 is 17.8 Å². The van der Waals surface area contributed by atoms with Crippen molar-refractivity contribution in [2.24, 2.45) is 0 Å². The maximum Gasteiger partial charge on any atom is 0.232 e. The minimum atomic E-state index is -0.0371. The lowest BCUT2D eigenvalue weighted by atomic mass is 10.3. The van der Waals surface area contributed by atoms with E-state index in [-0.39, 0.29) is 5.91 Å². The number of nitrogens with one attached hydrogen (secondary N) is 1. The van der Waals surface area contributed by atoms with E-state index in [0.717, 1.165) is 0 Å². The molecule has 0 aliphatic carbocycles. The lowest BCUT2D eigenvalue weighted by molar-refractivity contribution is -0.116. The van der Waals surface area contributed by atoms with Crippen LogP contribution in [-0.2, 0) is 11.3 Å². The second kappa shape index (κ2) is 1.94. The zero-order chi connectivity index (χ0) is 7.84. The van der Waals surface area contributed by atoms with Gasteiger partial charge in [0.2, 0.25) is 17.8 Å². The van der Waals surface area contributed by atoms with Gasteiger partial charge >= 0.3 is 0 Å². The second-order valence-corrected chi connectivity index (χ2v) is 2.33. The highest BCUT2D eigenvalue weighted by atomic mass is 16.1. The number of aromatic nitrogens is 3. The van der Waals surface area contributed by atoms with Gasteiger partial charge in [-0.15, -0.1) is 10.2 Å². The molecule has 11 heavy (non-hydrogen) atoms. The van der Waals surface area contributed by atoms with Crippen LogP contribution in [0, 0.1) is 0 Å². The fraction of sp³-hybridized carbons (Fsp3) is 0.400. The van der Waals surface area contributed by atoms with Crippen LogP contribution in [0.2, 0.25) is 0 Å². The third kappa shape index (κ3) is 0.830. The predicted octanol–water partition coefficient (Wildman–Crippen LogP) is -0.798. The molecule has 3 N–H and O–H groups in total. The summed E-state index contributed by atoms with van der Waals surface area (Å²) in [7, 11) is 0. The zero-order valence-corrected chi connectivity index (χ0v) is 5.74. The Labute approximate surface area is 62.4 Å². The first-order valence-corrected chi connectivity index (χ1v) is 3.26. The molecule has 1 aliphatic rings. The predicted molar refractivity (Wildman–Crippen MR) is 37.7 cm³/mol. The Morgan fingerprint density at radius 2 is 2.36 bits per heavy atom. The number of hydrogen-bond donors (Lipinski definition) is 2. The molecule has 0 saturated carbocycles. The lowest BCUT2D eigenvalue weighted by Gasteiger charge is -2.13. The Morgan fingerprint density at radius 3 is 3.18 bits per heavy atom. The molecule has 0 aromatic carbocycles. The van der Waals surface area contributed by atoms with Gasteiger partial charge < -0.3 is 5.73 Å². The van der Waals surface area contributed by atoms with Gasteiger partial charge in [-0.25, -0.2) is 0 Å². The Kier molecular flexibility index (Phi) is 1.09. The summed E-state index contributed by atoms with van der Waals surface area (Å²) < 4.78 is 1.67. The molecule has 6 heteroatoms. The number of anilines is 2. The Hall–Kier alpha value is -1.59. The van der Waals surface area contributed by atoms with Crippen LogP contribution in [-0.4, -0.2) is 20.7 Å². The van der Waals surface area contributed by atoms with Gasteiger partial charge in [-0.2, -0.15) is 0 Å². The molecule has 0 fully saturated rings. The van der Waals surface area contributed by atoms with Crippen LogP contribution in [0.5, 0.6) is 0 Å². The highest BCUT2D eigenvalue weighted by molar-refractivity contribution is 5.90. The van der Waals surface area contributed by atoms with Crippen LogP contribution >= 0.6 is 0 Å². The lowest BCUT2D eigenvalue weighted by Crippen LogP contribution is -2.23. The number of carbonyl (C=O) groups is 1. The average molecular weight is 153 g/mol. The van der Waals surface area contributed by atoms with E-state index in [0.29, 0.717) is 24.9 Å². The first kappa shape index (κ1) is 6.14. The van der Waals surface area contributed by atoms with Gasteiger partial charge in [0.25, 0.3) is 0 Å². The summed E-state index contributed by atoms with van der Waals surface area (Å²) in [4.78, 5) is 10.8. The minimum Gasteiger partial charge on any atom is -0.368 e. The second-order valence-electron chi connectivity index (χ2n) is 2.33. The van der Waals surface area contributed by atoms with Crippen molar-refractivity contribution < 1.29 is 4.79 Å². The molecule has 1 aromatic heterocycles. The number of carbonyl (C=O) groups excluding carboxylic acids is 1. The zero-order valence-electron chi connectivity index (χ0n) is 5.74. The molecule has 0 radical (unpaired) electrons. The van der Waals surface area contributed by atoms with E-state index in [9.17, 15) is 4.79 Å². The van der Waals surface area contributed by atoms with Gasteiger partial charge in [0.05, 0.1) is 0 Å². The van der Waals surface area contributed by atoms with Crippen LogP contribution in [0.15, 0.2) is 0 Å². The highest BCUT2D eigenvalue weighted by Crippen LogP contribution is 2.14. The van der Waals surface area contributed by atoms with E-state index in [1.807, 2.05) is 0 Å². The summed E-state index contributed by atoms with van der Waals surface area (Å²) in [5, 5.41) is 9.82. The quantitative estimate of drug-likeness (QED) is 0.511. The number of amides is 1. The summed E-state index contributed by atoms with van der Waals surface area (Å²) in [5.74, 6) is 0.753. The molecule has 2 rings (SSSR count). The molecule has 0 atom stereocenters. The number of nitrogens with two attached hydrogens (primary N) is 1. The van der Waals surface area contributed by atoms with Gasteiger partial charge in [-0.1, -0.05) is 0 Å². The molecular weight excluding hydrogens is 146 g/mol. The monoisotopic (exact) mass is 153 g/mol. The first-order chi connectivity index (χ1) is 5.27.